The third kappa shape index (κ3) is 2.02. The maximum absolute atomic E-state index is 11.7. The summed E-state index contributed by atoms with van der Waals surface area (Å²) >= 11 is 1.75. The number of rotatable bonds is 3. The maximum atomic E-state index is 11.7. The van der Waals surface area contributed by atoms with Gasteiger partial charge in [-0.25, -0.2) is 4.98 Å². The second-order valence-corrected chi connectivity index (χ2v) is 6.87. The Bertz CT molecular complexity index is 842. The molecule has 22 heavy (non-hydrogen) atoms. The molecule has 4 rings (SSSR count). The quantitative estimate of drug-likeness (QED) is 0.675. The van der Waals surface area contributed by atoms with Crippen molar-refractivity contribution in [3.8, 4) is 11.3 Å². The average Bonchev–Trinajstić information content (AvgIpc) is 3.10. The Morgan fingerprint density at radius 1 is 1.23 bits per heavy atom. The SMILES string of the molecule is CCc1ccc(-c2nc3sc4c(n3c2C=O)CCCC4)cc1. The van der Waals surface area contributed by atoms with Crippen LogP contribution in [0.4, 0.5) is 0 Å². The summed E-state index contributed by atoms with van der Waals surface area (Å²) in [5, 5.41) is 0. The number of carbonyl (C=O) groups is 1. The number of benzene rings is 1. The van der Waals surface area contributed by atoms with Gasteiger partial charge in [-0.15, -0.1) is 11.3 Å². The van der Waals surface area contributed by atoms with E-state index < -0.39 is 0 Å². The van der Waals surface area contributed by atoms with Crippen molar-refractivity contribution in [2.75, 3.05) is 0 Å². The number of thiazole rings is 1. The van der Waals surface area contributed by atoms with Gasteiger partial charge in [0.05, 0.1) is 0 Å². The highest BCUT2D eigenvalue weighted by Gasteiger charge is 2.22. The van der Waals surface area contributed by atoms with E-state index >= 15 is 0 Å². The Morgan fingerprint density at radius 2 is 2.00 bits per heavy atom. The molecule has 0 fully saturated rings. The normalized spacial score (nSPS) is 14.2. The Hall–Kier alpha value is -1.94. The van der Waals surface area contributed by atoms with Crippen LogP contribution in [-0.2, 0) is 19.3 Å². The summed E-state index contributed by atoms with van der Waals surface area (Å²) in [6.07, 6.45) is 6.62. The first-order valence-electron chi connectivity index (χ1n) is 7.89. The fraction of sp³-hybridized carbons (Fsp3) is 0.333. The third-order valence-corrected chi connectivity index (χ3v) is 5.65. The number of aryl methyl sites for hydroxylation is 3. The second-order valence-electron chi connectivity index (χ2n) is 5.81. The van der Waals surface area contributed by atoms with Crippen LogP contribution in [0.15, 0.2) is 24.3 Å². The largest absolute Gasteiger partial charge is 0.296 e. The number of hydrogen-bond donors (Lipinski definition) is 0. The molecule has 0 amide bonds. The van der Waals surface area contributed by atoms with Crippen LogP contribution in [0, 0.1) is 0 Å². The molecule has 4 heteroatoms. The zero-order chi connectivity index (χ0) is 15.1. The van der Waals surface area contributed by atoms with Gasteiger partial charge >= 0.3 is 0 Å². The van der Waals surface area contributed by atoms with Crippen LogP contribution in [-0.4, -0.2) is 15.7 Å². The molecule has 112 valence electrons. The van der Waals surface area contributed by atoms with Gasteiger partial charge in [0.1, 0.15) is 11.4 Å². The second kappa shape index (κ2) is 5.36. The minimum atomic E-state index is 0.707. The number of fused-ring (bicyclic) bond motifs is 3. The smallest absolute Gasteiger partial charge is 0.195 e. The van der Waals surface area contributed by atoms with Gasteiger partial charge in [0.25, 0.3) is 0 Å². The molecule has 2 aromatic heterocycles. The first kappa shape index (κ1) is 13.7. The molecular formula is C18H18N2OS. The minimum absolute atomic E-state index is 0.707. The van der Waals surface area contributed by atoms with Crippen molar-refractivity contribution in [1.29, 1.82) is 0 Å². The summed E-state index contributed by atoms with van der Waals surface area (Å²) in [6.45, 7) is 2.14. The van der Waals surface area contributed by atoms with E-state index in [-0.39, 0.29) is 0 Å². The highest BCUT2D eigenvalue weighted by molar-refractivity contribution is 7.17. The Labute approximate surface area is 133 Å². The monoisotopic (exact) mass is 310 g/mol. The predicted octanol–water partition coefficient (Wildman–Crippen LogP) is 4.32. The average molecular weight is 310 g/mol. The summed E-state index contributed by atoms with van der Waals surface area (Å²) in [6, 6.07) is 8.38. The van der Waals surface area contributed by atoms with Crippen LogP contribution in [0.1, 0.15) is 46.4 Å². The van der Waals surface area contributed by atoms with Crippen LogP contribution in [0.3, 0.4) is 0 Å². The fourth-order valence-electron chi connectivity index (χ4n) is 3.28. The lowest BCUT2D eigenvalue weighted by Crippen LogP contribution is -2.04. The number of aromatic nitrogens is 2. The predicted molar refractivity (Wildman–Crippen MR) is 89.9 cm³/mol. The molecule has 0 unspecified atom stereocenters. The van der Waals surface area contributed by atoms with E-state index in [1.165, 1.54) is 29.0 Å². The summed E-state index contributed by atoms with van der Waals surface area (Å²) < 4.78 is 2.09. The third-order valence-electron chi connectivity index (χ3n) is 4.50. The minimum Gasteiger partial charge on any atom is -0.296 e. The molecule has 0 saturated heterocycles. The zero-order valence-electron chi connectivity index (χ0n) is 12.6. The van der Waals surface area contributed by atoms with E-state index in [0.717, 1.165) is 41.8 Å². The fourth-order valence-corrected chi connectivity index (χ4v) is 4.49. The Kier molecular flexibility index (Phi) is 3.34. The van der Waals surface area contributed by atoms with E-state index in [2.05, 4.69) is 35.6 Å². The van der Waals surface area contributed by atoms with Crippen LogP contribution >= 0.6 is 11.3 Å². The maximum Gasteiger partial charge on any atom is 0.195 e. The van der Waals surface area contributed by atoms with Crippen molar-refractivity contribution in [3.63, 3.8) is 0 Å². The molecule has 1 aliphatic carbocycles. The molecular weight excluding hydrogens is 292 g/mol. The van der Waals surface area contributed by atoms with Gasteiger partial charge < -0.3 is 0 Å². The van der Waals surface area contributed by atoms with Crippen molar-refractivity contribution in [2.24, 2.45) is 0 Å². The standard InChI is InChI=1S/C18H18N2OS/c1-2-12-7-9-13(10-8-12)17-15(11-21)20-14-5-3-4-6-16(14)22-18(20)19-17/h7-11H,2-6H2,1H3. The van der Waals surface area contributed by atoms with Crippen LogP contribution in [0.5, 0.6) is 0 Å². The van der Waals surface area contributed by atoms with E-state index in [1.54, 1.807) is 11.3 Å². The van der Waals surface area contributed by atoms with Crippen molar-refractivity contribution in [2.45, 2.75) is 39.0 Å². The molecule has 3 nitrogen and oxygen atoms in total. The number of carbonyl (C=O) groups excluding carboxylic acids is 1. The van der Waals surface area contributed by atoms with E-state index in [1.807, 2.05) is 0 Å². The van der Waals surface area contributed by atoms with Crippen molar-refractivity contribution in [3.05, 3.63) is 46.1 Å². The van der Waals surface area contributed by atoms with Crippen molar-refractivity contribution in [1.82, 2.24) is 9.38 Å². The topological polar surface area (TPSA) is 34.4 Å². The highest BCUT2D eigenvalue weighted by Crippen LogP contribution is 2.34. The van der Waals surface area contributed by atoms with Crippen molar-refractivity contribution < 1.29 is 4.79 Å². The molecule has 3 aromatic rings. The summed E-state index contributed by atoms with van der Waals surface area (Å²) in [5.74, 6) is 0. The Morgan fingerprint density at radius 3 is 2.73 bits per heavy atom. The number of hydrogen-bond acceptors (Lipinski definition) is 3. The summed E-state index contributed by atoms with van der Waals surface area (Å²) in [4.78, 5) is 18.9. The van der Waals surface area contributed by atoms with Crippen molar-refractivity contribution >= 4 is 22.6 Å². The van der Waals surface area contributed by atoms with Gasteiger partial charge in [-0.1, -0.05) is 31.2 Å². The van der Waals surface area contributed by atoms with Gasteiger partial charge in [-0.05, 0) is 37.7 Å². The number of imidazole rings is 1. The molecule has 0 radical (unpaired) electrons. The molecule has 0 aliphatic heterocycles. The molecule has 0 spiro atoms. The summed E-state index contributed by atoms with van der Waals surface area (Å²) in [7, 11) is 0. The van der Waals surface area contributed by atoms with Gasteiger partial charge in [0.15, 0.2) is 11.2 Å². The van der Waals surface area contributed by atoms with Gasteiger partial charge in [0.2, 0.25) is 0 Å². The molecule has 0 atom stereocenters. The lowest BCUT2D eigenvalue weighted by molar-refractivity contribution is 0.111. The number of nitrogens with zero attached hydrogens (tertiary/aromatic N) is 2. The van der Waals surface area contributed by atoms with Crippen LogP contribution in [0.2, 0.25) is 0 Å². The molecule has 2 heterocycles. The molecule has 0 saturated carbocycles. The first-order chi connectivity index (χ1) is 10.8. The lowest BCUT2D eigenvalue weighted by Gasteiger charge is -2.11. The van der Waals surface area contributed by atoms with Crippen LogP contribution < -0.4 is 0 Å². The van der Waals surface area contributed by atoms with Crippen LogP contribution in [0.25, 0.3) is 16.2 Å². The first-order valence-corrected chi connectivity index (χ1v) is 8.71. The zero-order valence-corrected chi connectivity index (χ0v) is 13.4. The summed E-state index contributed by atoms with van der Waals surface area (Å²) in [5.41, 5.74) is 5.16. The number of aldehydes is 1. The molecule has 0 N–H and O–H groups in total. The molecule has 1 aromatic carbocycles. The lowest BCUT2D eigenvalue weighted by atomic mass is 10.0. The molecule has 1 aliphatic rings. The Balaban J connectivity index is 1.90. The van der Waals surface area contributed by atoms with E-state index in [9.17, 15) is 4.79 Å². The van der Waals surface area contributed by atoms with E-state index in [0.29, 0.717) is 5.69 Å². The molecule has 0 bridgehead atoms. The van der Waals surface area contributed by atoms with E-state index in [4.69, 9.17) is 4.98 Å². The van der Waals surface area contributed by atoms with Gasteiger partial charge in [0, 0.05) is 16.1 Å². The highest BCUT2D eigenvalue weighted by atomic mass is 32.1. The van der Waals surface area contributed by atoms with Gasteiger partial charge in [-0.2, -0.15) is 0 Å². The van der Waals surface area contributed by atoms with Gasteiger partial charge in [-0.3, -0.25) is 9.20 Å².